The zero-order valence-corrected chi connectivity index (χ0v) is 19.4. The van der Waals surface area contributed by atoms with Gasteiger partial charge < -0.3 is 29.9 Å². The van der Waals surface area contributed by atoms with E-state index in [1.54, 1.807) is 64.1 Å². The Bertz CT molecular complexity index is 1070. The number of ether oxygens (including phenoxy) is 2. The van der Waals surface area contributed by atoms with Gasteiger partial charge in [0.05, 0.1) is 24.7 Å². The van der Waals surface area contributed by atoms with Crippen LogP contribution in [0.15, 0.2) is 36.4 Å². The molecule has 1 aliphatic rings. The van der Waals surface area contributed by atoms with Crippen molar-refractivity contribution < 1.29 is 34.7 Å². The fourth-order valence-electron chi connectivity index (χ4n) is 3.57. The van der Waals surface area contributed by atoms with Crippen molar-refractivity contribution in [3.05, 3.63) is 58.7 Å². The molecule has 3 rings (SSSR count). The van der Waals surface area contributed by atoms with Crippen molar-refractivity contribution in [1.82, 2.24) is 0 Å². The first kappa shape index (κ1) is 24.4. The summed E-state index contributed by atoms with van der Waals surface area (Å²) in [5, 5.41) is 40.2. The van der Waals surface area contributed by atoms with Gasteiger partial charge in [-0.05, 0) is 45.4 Å². The Morgan fingerprint density at radius 2 is 1.52 bits per heavy atom. The number of phenols is 2. The number of carbonyl (C=O) groups excluding carboxylic acids is 1. The molecule has 4 N–H and O–H groups in total. The first-order chi connectivity index (χ1) is 15.3. The summed E-state index contributed by atoms with van der Waals surface area (Å²) in [5.74, 6) is -0.219. The fourth-order valence-corrected chi connectivity index (χ4v) is 3.57. The Hall–Kier alpha value is -3.29. The van der Waals surface area contributed by atoms with Crippen molar-refractivity contribution in [2.75, 3.05) is 7.11 Å². The zero-order valence-electron chi connectivity index (χ0n) is 19.4. The molecule has 2 aromatic carbocycles. The monoisotopic (exact) mass is 454 g/mol. The van der Waals surface area contributed by atoms with Crippen molar-refractivity contribution in [2.24, 2.45) is 0 Å². The minimum atomic E-state index is -1.06. The van der Waals surface area contributed by atoms with E-state index in [-0.39, 0.29) is 35.0 Å². The van der Waals surface area contributed by atoms with E-state index in [0.29, 0.717) is 22.4 Å². The van der Waals surface area contributed by atoms with Gasteiger partial charge in [0.15, 0.2) is 5.78 Å². The molecule has 0 fully saturated rings. The van der Waals surface area contributed by atoms with Crippen LogP contribution in [-0.4, -0.2) is 44.5 Å². The SMILES string of the molecule is COc1c(C=CC(C)(C)O)cc(C2CC(=O)c3c(O)cc(O)cc3O2)cc1C=CC(C)(C)O. The van der Waals surface area contributed by atoms with Crippen LogP contribution < -0.4 is 9.47 Å². The van der Waals surface area contributed by atoms with Crippen LogP contribution in [0.5, 0.6) is 23.0 Å². The van der Waals surface area contributed by atoms with E-state index in [1.807, 2.05) is 0 Å². The normalized spacial score (nSPS) is 16.8. The summed E-state index contributed by atoms with van der Waals surface area (Å²) in [4.78, 5) is 12.8. The van der Waals surface area contributed by atoms with Crippen molar-refractivity contribution in [2.45, 2.75) is 51.4 Å². The number of aliphatic hydroxyl groups is 2. The lowest BCUT2D eigenvalue weighted by molar-refractivity contribution is 0.0844. The van der Waals surface area contributed by atoms with Gasteiger partial charge in [0.2, 0.25) is 0 Å². The molecule has 0 aromatic heterocycles. The third-order valence-corrected chi connectivity index (χ3v) is 5.07. The maximum absolute atomic E-state index is 12.8. The maximum Gasteiger partial charge on any atom is 0.174 e. The summed E-state index contributed by atoms with van der Waals surface area (Å²) in [6.45, 7) is 6.59. The Kier molecular flexibility index (Phi) is 6.58. The van der Waals surface area contributed by atoms with E-state index in [0.717, 1.165) is 6.07 Å². The second-order valence-electron chi connectivity index (χ2n) is 9.28. The molecule has 0 saturated heterocycles. The number of carbonyl (C=O) groups is 1. The Morgan fingerprint density at radius 1 is 0.970 bits per heavy atom. The highest BCUT2D eigenvalue weighted by Gasteiger charge is 2.31. The molecule has 33 heavy (non-hydrogen) atoms. The van der Waals surface area contributed by atoms with Gasteiger partial charge in [-0.1, -0.05) is 24.3 Å². The number of rotatable bonds is 6. The summed E-state index contributed by atoms with van der Waals surface area (Å²) in [6, 6.07) is 6.00. The van der Waals surface area contributed by atoms with Crippen LogP contribution in [0.25, 0.3) is 12.2 Å². The van der Waals surface area contributed by atoms with Gasteiger partial charge in [0, 0.05) is 23.3 Å². The van der Waals surface area contributed by atoms with Gasteiger partial charge >= 0.3 is 0 Å². The van der Waals surface area contributed by atoms with Crippen molar-refractivity contribution in [3.63, 3.8) is 0 Å². The van der Waals surface area contributed by atoms with E-state index in [9.17, 15) is 25.2 Å². The van der Waals surface area contributed by atoms with Gasteiger partial charge in [-0.2, -0.15) is 0 Å². The Morgan fingerprint density at radius 3 is 2.00 bits per heavy atom. The molecule has 176 valence electrons. The van der Waals surface area contributed by atoms with E-state index in [1.165, 1.54) is 13.2 Å². The van der Waals surface area contributed by atoms with Gasteiger partial charge in [-0.3, -0.25) is 4.79 Å². The average Bonchev–Trinajstić information content (AvgIpc) is 2.68. The number of hydrogen-bond donors (Lipinski definition) is 4. The van der Waals surface area contributed by atoms with Gasteiger partial charge in [0.1, 0.15) is 34.7 Å². The van der Waals surface area contributed by atoms with E-state index in [4.69, 9.17) is 9.47 Å². The minimum absolute atomic E-state index is 0.0129. The summed E-state index contributed by atoms with van der Waals surface area (Å²) in [5.41, 5.74) is -0.128. The molecule has 7 nitrogen and oxygen atoms in total. The second kappa shape index (κ2) is 8.92. The largest absolute Gasteiger partial charge is 0.508 e. The predicted octanol–water partition coefficient (Wildman–Crippen LogP) is 4.38. The second-order valence-corrected chi connectivity index (χ2v) is 9.28. The van der Waals surface area contributed by atoms with Crippen LogP contribution in [0.4, 0.5) is 0 Å². The van der Waals surface area contributed by atoms with Gasteiger partial charge in [-0.15, -0.1) is 0 Å². The maximum atomic E-state index is 12.8. The van der Waals surface area contributed by atoms with Crippen LogP contribution in [0, 0.1) is 0 Å². The average molecular weight is 455 g/mol. The van der Waals surface area contributed by atoms with Crippen molar-refractivity contribution in [3.8, 4) is 23.0 Å². The van der Waals surface area contributed by atoms with Crippen molar-refractivity contribution in [1.29, 1.82) is 0 Å². The van der Waals surface area contributed by atoms with Crippen LogP contribution in [-0.2, 0) is 0 Å². The van der Waals surface area contributed by atoms with Gasteiger partial charge in [0.25, 0.3) is 0 Å². The lowest BCUT2D eigenvalue weighted by Gasteiger charge is -2.27. The summed E-state index contributed by atoms with van der Waals surface area (Å²) in [7, 11) is 1.53. The molecule has 1 heterocycles. The third-order valence-electron chi connectivity index (χ3n) is 5.07. The van der Waals surface area contributed by atoms with Crippen LogP contribution >= 0.6 is 0 Å². The highest BCUT2D eigenvalue weighted by molar-refractivity contribution is 6.02. The molecule has 0 bridgehead atoms. The molecule has 0 spiro atoms. The van der Waals surface area contributed by atoms with Crippen LogP contribution in [0.3, 0.4) is 0 Å². The van der Waals surface area contributed by atoms with Crippen LogP contribution in [0.2, 0.25) is 0 Å². The van der Waals surface area contributed by atoms with Gasteiger partial charge in [-0.25, -0.2) is 0 Å². The highest BCUT2D eigenvalue weighted by atomic mass is 16.5. The molecule has 7 heteroatoms. The number of benzene rings is 2. The predicted molar refractivity (Wildman–Crippen MR) is 126 cm³/mol. The van der Waals surface area contributed by atoms with Crippen molar-refractivity contribution >= 4 is 17.9 Å². The molecular formula is C26H30O7. The third kappa shape index (κ3) is 5.94. The lowest BCUT2D eigenvalue weighted by atomic mass is 9.92. The van der Waals surface area contributed by atoms with E-state index >= 15 is 0 Å². The molecule has 0 amide bonds. The topological polar surface area (TPSA) is 116 Å². The minimum Gasteiger partial charge on any atom is -0.508 e. The Balaban J connectivity index is 2.13. The lowest BCUT2D eigenvalue weighted by Crippen LogP contribution is -2.21. The smallest absolute Gasteiger partial charge is 0.174 e. The summed E-state index contributed by atoms with van der Waals surface area (Å²) >= 11 is 0. The Labute approximate surface area is 193 Å². The first-order valence-corrected chi connectivity index (χ1v) is 10.6. The number of phenolic OH excluding ortho intramolecular Hbond substituents is 2. The molecule has 1 atom stereocenters. The molecule has 1 aliphatic heterocycles. The molecule has 0 radical (unpaired) electrons. The van der Waals surface area contributed by atoms with Crippen LogP contribution in [0.1, 0.15) is 67.3 Å². The first-order valence-electron chi connectivity index (χ1n) is 10.6. The number of hydrogen-bond acceptors (Lipinski definition) is 7. The summed E-state index contributed by atoms with van der Waals surface area (Å²) < 4.78 is 11.6. The number of Topliss-reactive ketones (excluding diaryl/α,β-unsaturated/α-hetero) is 1. The quantitative estimate of drug-likeness (QED) is 0.512. The number of aromatic hydroxyl groups is 2. The summed E-state index contributed by atoms with van der Waals surface area (Å²) in [6.07, 6.45) is 5.99. The molecule has 1 unspecified atom stereocenters. The zero-order chi connectivity index (χ0) is 24.6. The number of methoxy groups -OCH3 is 1. The fraction of sp³-hybridized carbons (Fsp3) is 0.346. The highest BCUT2D eigenvalue weighted by Crippen LogP contribution is 2.43. The van der Waals surface area contributed by atoms with E-state index < -0.39 is 17.3 Å². The molecule has 0 saturated carbocycles. The molecule has 0 aliphatic carbocycles. The number of ketones is 1. The number of fused-ring (bicyclic) bond motifs is 1. The molecule has 2 aromatic rings. The van der Waals surface area contributed by atoms with E-state index in [2.05, 4.69) is 0 Å². The molecular weight excluding hydrogens is 424 g/mol. The standard InChI is InChI=1S/C26H30O7/c1-25(2,30)8-6-15-10-17(11-16(24(15)32-5)7-9-26(3,4)31)21-14-20(29)23-19(28)12-18(27)13-22(23)33-21/h6-13,21,27-28,30-31H,14H2,1-5H3.